The van der Waals surface area contributed by atoms with Crippen molar-refractivity contribution in [2.45, 2.75) is 13.0 Å². The van der Waals surface area contributed by atoms with Crippen molar-refractivity contribution >= 4 is 11.6 Å². The summed E-state index contributed by atoms with van der Waals surface area (Å²) in [5.41, 5.74) is -0.381. The van der Waals surface area contributed by atoms with Crippen LogP contribution in [0.2, 0.25) is 0 Å². The first-order chi connectivity index (χ1) is 10.0. The molecular formula is C13H16N2O6. The van der Waals surface area contributed by atoms with Crippen molar-refractivity contribution < 1.29 is 23.9 Å². The van der Waals surface area contributed by atoms with Gasteiger partial charge in [-0.3, -0.25) is 14.9 Å². The van der Waals surface area contributed by atoms with Gasteiger partial charge in [-0.25, -0.2) is 0 Å². The van der Waals surface area contributed by atoms with Crippen LogP contribution in [0.3, 0.4) is 0 Å². The fourth-order valence-corrected chi connectivity index (χ4v) is 2.00. The molecule has 1 aromatic rings. The number of nitrogens with one attached hydrogen (secondary N) is 1. The molecule has 1 unspecified atom stereocenters. The highest BCUT2D eigenvalue weighted by molar-refractivity contribution is 5.99. The Morgan fingerprint density at radius 3 is 2.62 bits per heavy atom. The molecule has 114 valence electrons. The molecule has 0 saturated carbocycles. The summed E-state index contributed by atoms with van der Waals surface area (Å²) in [6, 6.07) is 2.28. The first-order valence-corrected chi connectivity index (χ1v) is 6.40. The number of carbonyl (C=O) groups is 1. The maximum absolute atomic E-state index is 12.2. The molecule has 0 aliphatic carbocycles. The van der Waals surface area contributed by atoms with Gasteiger partial charge in [-0.1, -0.05) is 0 Å². The summed E-state index contributed by atoms with van der Waals surface area (Å²) in [5, 5.41) is 13.8. The predicted molar refractivity (Wildman–Crippen MR) is 72.9 cm³/mol. The third kappa shape index (κ3) is 3.40. The Morgan fingerprint density at radius 2 is 2.05 bits per heavy atom. The third-order valence-electron chi connectivity index (χ3n) is 2.90. The maximum atomic E-state index is 12.2. The number of fused-ring (bicyclic) bond motifs is 1. The number of hydrogen-bond acceptors (Lipinski definition) is 6. The van der Waals surface area contributed by atoms with Crippen LogP contribution < -0.4 is 14.8 Å². The minimum atomic E-state index is -0.617. The van der Waals surface area contributed by atoms with E-state index in [-0.39, 0.29) is 23.0 Å². The Labute approximate surface area is 121 Å². The van der Waals surface area contributed by atoms with Crippen molar-refractivity contribution in [2.24, 2.45) is 0 Å². The average Bonchev–Trinajstić information content (AvgIpc) is 2.45. The second kappa shape index (κ2) is 6.40. The van der Waals surface area contributed by atoms with Crippen molar-refractivity contribution in [3.8, 4) is 11.5 Å². The van der Waals surface area contributed by atoms with Crippen LogP contribution in [-0.2, 0) is 4.74 Å². The van der Waals surface area contributed by atoms with E-state index in [1.807, 2.05) is 0 Å². The van der Waals surface area contributed by atoms with E-state index in [0.29, 0.717) is 25.6 Å². The second-order valence-electron chi connectivity index (χ2n) is 4.60. The quantitative estimate of drug-likeness (QED) is 0.646. The summed E-state index contributed by atoms with van der Waals surface area (Å²) in [5.74, 6) is 0.0501. The summed E-state index contributed by atoms with van der Waals surface area (Å²) >= 11 is 0. The highest BCUT2D eigenvalue weighted by Crippen LogP contribution is 2.36. The van der Waals surface area contributed by atoms with Crippen LogP contribution in [0, 0.1) is 10.1 Å². The zero-order chi connectivity index (χ0) is 15.4. The van der Waals surface area contributed by atoms with Crippen LogP contribution in [0.5, 0.6) is 11.5 Å². The molecule has 1 atom stereocenters. The molecule has 1 aliphatic heterocycles. The summed E-state index contributed by atoms with van der Waals surface area (Å²) in [4.78, 5) is 22.7. The van der Waals surface area contributed by atoms with Gasteiger partial charge in [0.25, 0.3) is 11.6 Å². The minimum absolute atomic E-state index is 0.0628. The van der Waals surface area contributed by atoms with Gasteiger partial charge < -0.3 is 19.5 Å². The SMILES string of the molecule is COCC(C)NC(=O)c1cc2c(cc1[N+](=O)[O-])OCCO2. The van der Waals surface area contributed by atoms with Gasteiger partial charge in [-0.2, -0.15) is 0 Å². The molecule has 1 heterocycles. The lowest BCUT2D eigenvalue weighted by Gasteiger charge is -2.19. The second-order valence-corrected chi connectivity index (χ2v) is 4.60. The first-order valence-electron chi connectivity index (χ1n) is 6.40. The number of hydrogen-bond donors (Lipinski definition) is 1. The van der Waals surface area contributed by atoms with Gasteiger partial charge in [0.2, 0.25) is 0 Å². The molecule has 0 fully saturated rings. The molecule has 0 saturated heterocycles. The topological polar surface area (TPSA) is 99.9 Å². The molecule has 0 bridgehead atoms. The normalized spacial score (nSPS) is 14.4. The lowest BCUT2D eigenvalue weighted by atomic mass is 10.1. The Kier molecular flexibility index (Phi) is 4.59. The Bertz CT molecular complexity index is 560. The summed E-state index contributed by atoms with van der Waals surface area (Å²) in [6.45, 7) is 2.71. The Morgan fingerprint density at radius 1 is 1.43 bits per heavy atom. The van der Waals surface area contributed by atoms with Gasteiger partial charge in [0.1, 0.15) is 18.8 Å². The minimum Gasteiger partial charge on any atom is -0.486 e. The molecule has 0 radical (unpaired) electrons. The van der Waals surface area contributed by atoms with Crippen molar-refractivity contribution in [3.05, 3.63) is 27.8 Å². The van der Waals surface area contributed by atoms with E-state index in [0.717, 1.165) is 0 Å². The molecule has 21 heavy (non-hydrogen) atoms. The predicted octanol–water partition coefficient (Wildman–Crippen LogP) is 1.13. The maximum Gasteiger partial charge on any atom is 0.286 e. The Hall–Kier alpha value is -2.35. The Balaban J connectivity index is 2.32. The lowest BCUT2D eigenvalue weighted by molar-refractivity contribution is -0.385. The van der Waals surface area contributed by atoms with Crippen molar-refractivity contribution in [1.82, 2.24) is 5.32 Å². The zero-order valence-electron chi connectivity index (χ0n) is 11.8. The van der Waals surface area contributed by atoms with Gasteiger partial charge in [-0.05, 0) is 6.92 Å². The number of carbonyl (C=O) groups excluding carboxylic acids is 1. The molecule has 1 N–H and O–H groups in total. The zero-order valence-corrected chi connectivity index (χ0v) is 11.8. The summed E-state index contributed by atoms with van der Waals surface area (Å²) < 4.78 is 15.6. The molecule has 2 rings (SSSR count). The number of nitro groups is 1. The van der Waals surface area contributed by atoms with Gasteiger partial charge in [-0.15, -0.1) is 0 Å². The van der Waals surface area contributed by atoms with E-state index in [4.69, 9.17) is 14.2 Å². The molecule has 8 nitrogen and oxygen atoms in total. The molecule has 0 spiro atoms. The lowest BCUT2D eigenvalue weighted by Crippen LogP contribution is -2.36. The van der Waals surface area contributed by atoms with Gasteiger partial charge in [0, 0.05) is 19.2 Å². The van der Waals surface area contributed by atoms with Crippen LogP contribution in [-0.4, -0.2) is 43.8 Å². The number of methoxy groups -OCH3 is 1. The van der Waals surface area contributed by atoms with E-state index in [9.17, 15) is 14.9 Å². The first kappa shape index (κ1) is 15.0. The van der Waals surface area contributed by atoms with Gasteiger partial charge in [0.15, 0.2) is 11.5 Å². The van der Waals surface area contributed by atoms with Gasteiger partial charge in [0.05, 0.1) is 17.6 Å². The largest absolute Gasteiger partial charge is 0.486 e. The fraction of sp³-hybridized carbons (Fsp3) is 0.462. The van der Waals surface area contributed by atoms with Crippen molar-refractivity contribution in [3.63, 3.8) is 0 Å². The van der Waals surface area contributed by atoms with E-state index < -0.39 is 10.8 Å². The van der Waals surface area contributed by atoms with Crippen LogP contribution in [0.15, 0.2) is 12.1 Å². The van der Waals surface area contributed by atoms with Crippen LogP contribution in [0.25, 0.3) is 0 Å². The third-order valence-corrected chi connectivity index (χ3v) is 2.90. The van der Waals surface area contributed by atoms with Gasteiger partial charge >= 0.3 is 0 Å². The van der Waals surface area contributed by atoms with Crippen LogP contribution >= 0.6 is 0 Å². The summed E-state index contributed by atoms with van der Waals surface area (Å²) in [7, 11) is 1.51. The summed E-state index contributed by atoms with van der Waals surface area (Å²) in [6.07, 6.45) is 0. The number of amides is 1. The average molecular weight is 296 g/mol. The standard InChI is InChI=1S/C13H16N2O6/c1-8(7-19-2)14-13(16)9-5-11-12(21-4-3-20-11)6-10(9)15(17)18/h5-6,8H,3-4,7H2,1-2H3,(H,14,16). The highest BCUT2D eigenvalue weighted by atomic mass is 16.6. The van der Waals surface area contributed by atoms with E-state index >= 15 is 0 Å². The molecule has 1 amide bonds. The number of benzene rings is 1. The van der Waals surface area contributed by atoms with Crippen molar-refractivity contribution in [1.29, 1.82) is 0 Å². The van der Waals surface area contributed by atoms with Crippen LogP contribution in [0.4, 0.5) is 5.69 Å². The number of nitrogens with zero attached hydrogens (tertiary/aromatic N) is 1. The molecule has 0 aromatic heterocycles. The highest BCUT2D eigenvalue weighted by Gasteiger charge is 2.26. The van der Waals surface area contributed by atoms with E-state index in [2.05, 4.69) is 5.32 Å². The molecule has 8 heteroatoms. The number of nitro benzene ring substituents is 1. The molecule has 1 aromatic carbocycles. The smallest absolute Gasteiger partial charge is 0.286 e. The van der Waals surface area contributed by atoms with Crippen molar-refractivity contribution in [2.75, 3.05) is 26.9 Å². The fourth-order valence-electron chi connectivity index (χ4n) is 2.00. The van der Waals surface area contributed by atoms with E-state index in [1.54, 1.807) is 6.92 Å². The molecule has 1 aliphatic rings. The number of rotatable bonds is 5. The van der Waals surface area contributed by atoms with E-state index in [1.165, 1.54) is 19.2 Å². The molecular weight excluding hydrogens is 280 g/mol. The number of ether oxygens (including phenoxy) is 3. The monoisotopic (exact) mass is 296 g/mol. The van der Waals surface area contributed by atoms with Crippen LogP contribution in [0.1, 0.15) is 17.3 Å².